The van der Waals surface area contributed by atoms with Crippen molar-refractivity contribution in [1.29, 1.82) is 0 Å². The molecule has 1 aromatic carbocycles. The van der Waals surface area contributed by atoms with E-state index in [-0.39, 0.29) is 35.1 Å². The van der Waals surface area contributed by atoms with Gasteiger partial charge in [0.1, 0.15) is 5.56 Å². The third-order valence-corrected chi connectivity index (χ3v) is 4.65. The van der Waals surface area contributed by atoms with Crippen molar-refractivity contribution < 1.29 is 18.7 Å². The Morgan fingerprint density at radius 1 is 1.20 bits per heavy atom. The fourth-order valence-electron chi connectivity index (χ4n) is 3.26. The van der Waals surface area contributed by atoms with Crippen LogP contribution < -0.4 is 10.4 Å². The van der Waals surface area contributed by atoms with Crippen LogP contribution >= 0.6 is 11.6 Å². The van der Waals surface area contributed by atoms with E-state index in [2.05, 4.69) is 0 Å². The quantitative estimate of drug-likeness (QED) is 0.659. The number of rotatable bonds is 2. The van der Waals surface area contributed by atoms with Crippen molar-refractivity contribution in [3.05, 3.63) is 62.1 Å². The van der Waals surface area contributed by atoms with Gasteiger partial charge in [0, 0.05) is 17.6 Å². The van der Waals surface area contributed by atoms with Gasteiger partial charge in [0.2, 0.25) is 11.6 Å². The molecule has 0 radical (unpaired) electrons. The zero-order valence-corrected chi connectivity index (χ0v) is 14.1. The number of carbonyl (C=O) groups excluding carboxylic acids is 2. The Bertz CT molecular complexity index is 1120. The zero-order valence-electron chi connectivity index (χ0n) is 13.4. The first-order valence-corrected chi connectivity index (χ1v) is 7.90. The van der Waals surface area contributed by atoms with E-state index >= 15 is 0 Å². The second-order valence-corrected chi connectivity index (χ2v) is 6.29. The van der Waals surface area contributed by atoms with Gasteiger partial charge in [-0.05, 0) is 36.8 Å². The first-order chi connectivity index (χ1) is 11.9. The van der Waals surface area contributed by atoms with E-state index < -0.39 is 5.63 Å². The van der Waals surface area contributed by atoms with Crippen LogP contribution in [0.3, 0.4) is 0 Å². The summed E-state index contributed by atoms with van der Waals surface area (Å²) < 4.78 is 11.8. The molecule has 4 rings (SSSR count). The molecule has 3 aromatic rings. The summed E-state index contributed by atoms with van der Waals surface area (Å²) in [6, 6.07) is 6.47. The molecule has 0 atom stereocenters. The van der Waals surface area contributed by atoms with Crippen LogP contribution in [0, 0.1) is 6.92 Å². The number of nitrogens with zero attached hydrogens (tertiary/aromatic N) is 1. The van der Waals surface area contributed by atoms with Gasteiger partial charge in [-0.25, -0.2) is 4.79 Å². The van der Waals surface area contributed by atoms with Crippen molar-refractivity contribution in [3.8, 4) is 5.95 Å². The van der Waals surface area contributed by atoms with Gasteiger partial charge in [-0.2, -0.15) is 0 Å². The standard InChI is InChI=1S/C18H12ClNO5/c1-8-12-15(13-11(21)7-24-18(13)25-17(12)23)20(2)14(8)16(22)9-3-5-10(19)6-4-9/h3-6H,7H2,1-2H3. The Balaban J connectivity index is 2.04. The molecule has 2 aromatic heterocycles. The van der Waals surface area contributed by atoms with Gasteiger partial charge in [-0.1, -0.05) is 11.6 Å². The topological polar surface area (TPSA) is 78.5 Å². The average Bonchev–Trinajstić information content (AvgIpc) is 3.06. The largest absolute Gasteiger partial charge is 0.456 e. The molecule has 0 saturated carbocycles. The van der Waals surface area contributed by atoms with Gasteiger partial charge < -0.3 is 13.7 Å². The van der Waals surface area contributed by atoms with Crippen molar-refractivity contribution in [3.63, 3.8) is 0 Å². The summed E-state index contributed by atoms with van der Waals surface area (Å²) in [4.78, 5) is 37.4. The number of hydrogen-bond donors (Lipinski definition) is 0. The molecule has 0 unspecified atom stereocenters. The minimum Gasteiger partial charge on any atom is -0.456 e. The van der Waals surface area contributed by atoms with E-state index in [4.69, 9.17) is 20.8 Å². The predicted octanol–water partition coefficient (Wildman–Crippen LogP) is 2.90. The summed E-state index contributed by atoms with van der Waals surface area (Å²) in [7, 11) is 1.64. The summed E-state index contributed by atoms with van der Waals surface area (Å²) >= 11 is 5.87. The number of carbonyl (C=O) groups is 2. The van der Waals surface area contributed by atoms with Crippen molar-refractivity contribution in [1.82, 2.24) is 4.57 Å². The van der Waals surface area contributed by atoms with Crippen LogP contribution in [-0.4, -0.2) is 22.7 Å². The first-order valence-electron chi connectivity index (χ1n) is 7.52. The summed E-state index contributed by atoms with van der Waals surface area (Å²) in [5, 5.41) is 0.740. The number of aryl methyl sites for hydroxylation is 2. The Morgan fingerprint density at radius 2 is 1.88 bits per heavy atom. The molecule has 3 heterocycles. The highest BCUT2D eigenvalue weighted by atomic mass is 35.5. The maximum atomic E-state index is 12.9. The number of halogens is 1. The molecule has 6 nitrogen and oxygen atoms in total. The third kappa shape index (κ3) is 2.14. The lowest BCUT2D eigenvalue weighted by atomic mass is 10.0. The summed E-state index contributed by atoms with van der Waals surface area (Å²) in [5.41, 5.74) is 1.15. The van der Waals surface area contributed by atoms with Crippen LogP contribution in [0.5, 0.6) is 5.95 Å². The van der Waals surface area contributed by atoms with Crippen LogP contribution in [0.2, 0.25) is 5.02 Å². The Morgan fingerprint density at radius 3 is 2.56 bits per heavy atom. The molecule has 0 amide bonds. The van der Waals surface area contributed by atoms with Gasteiger partial charge in [0.05, 0.1) is 16.6 Å². The minimum atomic E-state index is -0.633. The van der Waals surface area contributed by atoms with Crippen LogP contribution in [0.15, 0.2) is 33.5 Å². The molecule has 126 valence electrons. The van der Waals surface area contributed by atoms with Crippen molar-refractivity contribution in [2.45, 2.75) is 6.92 Å². The molecule has 0 spiro atoms. The fourth-order valence-corrected chi connectivity index (χ4v) is 3.39. The average molecular weight is 358 g/mol. The predicted molar refractivity (Wildman–Crippen MR) is 90.9 cm³/mol. The second kappa shape index (κ2) is 5.32. The van der Waals surface area contributed by atoms with Gasteiger partial charge in [0.25, 0.3) is 0 Å². The van der Waals surface area contributed by atoms with E-state index in [1.807, 2.05) is 0 Å². The fraction of sp³-hybridized carbons (Fsp3) is 0.167. The molecule has 1 aliphatic heterocycles. The smallest absolute Gasteiger partial charge is 0.348 e. The lowest BCUT2D eigenvalue weighted by Crippen LogP contribution is -2.09. The normalized spacial score (nSPS) is 13.2. The van der Waals surface area contributed by atoms with Crippen molar-refractivity contribution in [2.75, 3.05) is 6.61 Å². The van der Waals surface area contributed by atoms with E-state index in [1.54, 1.807) is 42.8 Å². The lowest BCUT2D eigenvalue weighted by molar-refractivity contribution is 0.0954. The highest BCUT2D eigenvalue weighted by Gasteiger charge is 2.33. The van der Waals surface area contributed by atoms with Crippen LogP contribution in [0.25, 0.3) is 10.9 Å². The monoisotopic (exact) mass is 357 g/mol. The number of aromatic nitrogens is 1. The number of Topliss-reactive ketones (excluding diaryl/α,β-unsaturated/α-hetero) is 1. The summed E-state index contributed by atoms with van der Waals surface area (Å²) in [6.45, 7) is 1.48. The summed E-state index contributed by atoms with van der Waals surface area (Å²) in [5.74, 6) is -0.643. The van der Waals surface area contributed by atoms with Gasteiger partial charge in [-0.3, -0.25) is 9.59 Å². The highest BCUT2D eigenvalue weighted by Crippen LogP contribution is 2.34. The van der Waals surface area contributed by atoms with Gasteiger partial charge in [-0.15, -0.1) is 0 Å². The minimum absolute atomic E-state index is 0.0893. The molecular weight excluding hydrogens is 346 g/mol. The van der Waals surface area contributed by atoms with Crippen molar-refractivity contribution in [2.24, 2.45) is 7.05 Å². The Kier molecular flexibility index (Phi) is 3.33. The molecule has 0 fully saturated rings. The highest BCUT2D eigenvalue weighted by molar-refractivity contribution is 6.30. The van der Waals surface area contributed by atoms with Gasteiger partial charge >= 0.3 is 11.6 Å². The first kappa shape index (κ1) is 15.7. The SMILES string of the molecule is Cc1c(C(=O)c2ccc(Cl)cc2)n(C)c2c3c(oc(=O)c12)OCC3=O. The maximum absolute atomic E-state index is 12.9. The lowest BCUT2D eigenvalue weighted by Gasteiger charge is -2.06. The van der Waals surface area contributed by atoms with Crippen LogP contribution in [0.4, 0.5) is 0 Å². The number of fused-ring (bicyclic) bond motifs is 3. The second-order valence-electron chi connectivity index (χ2n) is 5.86. The van der Waals surface area contributed by atoms with Gasteiger partial charge in [0.15, 0.2) is 6.61 Å². The number of benzene rings is 1. The zero-order chi connectivity index (χ0) is 17.9. The number of ether oxygens (including phenoxy) is 1. The van der Waals surface area contributed by atoms with Crippen molar-refractivity contribution >= 4 is 34.1 Å². The number of hydrogen-bond acceptors (Lipinski definition) is 5. The molecule has 1 aliphatic rings. The molecule has 25 heavy (non-hydrogen) atoms. The van der Waals surface area contributed by atoms with Crippen LogP contribution in [-0.2, 0) is 7.05 Å². The van der Waals surface area contributed by atoms with E-state index in [9.17, 15) is 14.4 Å². The molecule has 0 saturated heterocycles. The molecule has 7 heteroatoms. The van der Waals surface area contributed by atoms with Crippen LogP contribution in [0.1, 0.15) is 32.0 Å². The summed E-state index contributed by atoms with van der Waals surface area (Å²) in [6.07, 6.45) is 0. The van der Waals surface area contributed by atoms with E-state index in [0.717, 1.165) is 0 Å². The van der Waals surface area contributed by atoms with E-state index in [0.29, 0.717) is 27.4 Å². The third-order valence-electron chi connectivity index (χ3n) is 4.40. The Hall–Kier alpha value is -2.86. The molecule has 0 aliphatic carbocycles. The molecule has 0 bridgehead atoms. The Labute approximate surface area is 146 Å². The molecule has 0 N–H and O–H groups in total. The maximum Gasteiger partial charge on any atom is 0.348 e. The number of ketones is 2. The molecular formula is C18H12ClNO5. The van der Waals surface area contributed by atoms with E-state index in [1.165, 1.54) is 0 Å².